The average Bonchev–Trinajstić information content (AvgIpc) is 2.93. The first-order valence-electron chi connectivity index (χ1n) is 11.9. The second-order valence-corrected chi connectivity index (χ2v) is 10.8. The quantitative estimate of drug-likeness (QED) is 0.278. The van der Waals surface area contributed by atoms with E-state index >= 15 is 0 Å². The molecule has 0 aliphatic heterocycles. The van der Waals surface area contributed by atoms with E-state index in [4.69, 9.17) is 21.1 Å². The number of pyridine rings is 1. The summed E-state index contributed by atoms with van der Waals surface area (Å²) in [6.45, 7) is 1.95. The molecule has 0 radical (unpaired) electrons. The van der Waals surface area contributed by atoms with Crippen LogP contribution in [0.25, 0.3) is 16.8 Å². The lowest BCUT2D eigenvalue weighted by Crippen LogP contribution is -2.25. The van der Waals surface area contributed by atoms with E-state index in [-0.39, 0.29) is 39.3 Å². The number of aryl methyl sites for hydroxylation is 1. The zero-order valence-electron chi connectivity index (χ0n) is 21.3. The predicted molar refractivity (Wildman–Crippen MR) is 143 cm³/mol. The van der Waals surface area contributed by atoms with Crippen LogP contribution in [0.15, 0.2) is 69.3 Å². The third-order valence-electron chi connectivity index (χ3n) is 6.04. The van der Waals surface area contributed by atoms with E-state index in [9.17, 15) is 22.7 Å². The minimum absolute atomic E-state index is 0.150. The molecule has 204 valence electrons. The third-order valence-corrected chi connectivity index (χ3v) is 8.09. The highest BCUT2D eigenvalue weighted by Crippen LogP contribution is 2.38. The van der Waals surface area contributed by atoms with Crippen LogP contribution in [0.3, 0.4) is 0 Å². The number of hydrogen-bond acceptors (Lipinski definition) is 8. The summed E-state index contributed by atoms with van der Waals surface area (Å²) in [5, 5.41) is 11.2. The van der Waals surface area contributed by atoms with Gasteiger partial charge in [0.15, 0.2) is 4.90 Å². The Morgan fingerprint density at radius 2 is 1.69 bits per heavy atom. The molecule has 2 aromatic carbocycles. The molecule has 0 saturated heterocycles. The number of nitrogens with zero attached hydrogens (tertiary/aromatic N) is 3. The fourth-order valence-corrected chi connectivity index (χ4v) is 5.59. The fourth-order valence-electron chi connectivity index (χ4n) is 4.09. The fraction of sp³-hybridized carbons (Fsp3) is 0.222. The molecule has 0 saturated carbocycles. The Kier molecular flexibility index (Phi) is 8.22. The van der Waals surface area contributed by atoms with Crippen molar-refractivity contribution in [1.29, 1.82) is 0 Å². The molecule has 0 amide bonds. The Hall–Kier alpha value is -3.96. The number of halogens is 2. The topological polar surface area (TPSA) is 121 Å². The molecular formula is C27H25ClFN3O6S. The number of benzene rings is 2. The van der Waals surface area contributed by atoms with Crippen LogP contribution in [0.4, 0.5) is 4.39 Å². The van der Waals surface area contributed by atoms with Crippen LogP contribution in [0, 0.1) is 5.95 Å². The van der Waals surface area contributed by atoms with Crippen LogP contribution in [0.2, 0.25) is 5.02 Å². The lowest BCUT2D eigenvalue weighted by Gasteiger charge is -2.21. The van der Waals surface area contributed by atoms with Gasteiger partial charge < -0.3 is 14.6 Å². The number of ether oxygens (including phenoxy) is 2. The lowest BCUT2D eigenvalue weighted by molar-refractivity contribution is 0.374. The Morgan fingerprint density at radius 1 is 1.05 bits per heavy atom. The molecule has 0 atom stereocenters. The number of methoxy groups -OCH3 is 2. The van der Waals surface area contributed by atoms with Gasteiger partial charge in [0.25, 0.3) is 5.56 Å². The summed E-state index contributed by atoms with van der Waals surface area (Å²) in [5.41, 5.74) is 0.0749. The van der Waals surface area contributed by atoms with Crippen molar-refractivity contribution < 1.29 is 27.4 Å². The van der Waals surface area contributed by atoms with E-state index < -0.39 is 32.1 Å². The molecule has 2 heterocycles. The largest absolute Gasteiger partial charge is 0.494 e. The lowest BCUT2D eigenvalue weighted by atomic mass is 10.1. The molecule has 0 fully saturated rings. The van der Waals surface area contributed by atoms with E-state index in [1.807, 2.05) is 6.92 Å². The van der Waals surface area contributed by atoms with Crippen molar-refractivity contribution >= 4 is 21.4 Å². The Balaban J connectivity index is 1.91. The van der Waals surface area contributed by atoms with Crippen LogP contribution in [0.1, 0.15) is 25.6 Å². The molecule has 0 spiro atoms. The van der Waals surface area contributed by atoms with Gasteiger partial charge >= 0.3 is 0 Å². The smallest absolute Gasteiger partial charge is 0.296 e. The molecule has 9 nitrogen and oxygen atoms in total. The number of aromatic hydroxyl groups is 1. The second-order valence-electron chi connectivity index (χ2n) is 8.46. The summed E-state index contributed by atoms with van der Waals surface area (Å²) in [4.78, 5) is 19.6. The monoisotopic (exact) mass is 573 g/mol. The number of hydrogen-bond donors (Lipinski definition) is 1. The molecular weight excluding hydrogens is 549 g/mol. The molecule has 0 unspecified atom stereocenters. The van der Waals surface area contributed by atoms with Crippen molar-refractivity contribution in [2.45, 2.75) is 36.0 Å². The summed E-state index contributed by atoms with van der Waals surface area (Å²) in [7, 11) is -1.72. The second kappa shape index (κ2) is 11.4. The van der Waals surface area contributed by atoms with Gasteiger partial charge in [-0.25, -0.2) is 13.4 Å². The average molecular weight is 574 g/mol. The van der Waals surface area contributed by atoms with Crippen molar-refractivity contribution in [1.82, 2.24) is 14.5 Å². The van der Waals surface area contributed by atoms with Gasteiger partial charge in [-0.05, 0) is 42.3 Å². The normalized spacial score (nSPS) is 11.4. The highest BCUT2D eigenvalue weighted by atomic mass is 35.5. The van der Waals surface area contributed by atoms with Crippen molar-refractivity contribution in [3.8, 4) is 34.2 Å². The minimum Gasteiger partial charge on any atom is -0.494 e. The van der Waals surface area contributed by atoms with E-state index in [0.717, 1.165) is 6.42 Å². The van der Waals surface area contributed by atoms with Crippen LogP contribution in [0.5, 0.6) is 17.4 Å². The standard InChI is InChI=1S/C27H25ClFN3O6S/c1-4-5-9-22-31-26(33)24(27(34)32(22)23-20(37-2)7-6-8-21(23)38-3)39(35,36)18-12-10-16(11-13-18)17-14-19(28)25(29)30-15-17/h6-8,10-15,34H,4-5,9H2,1-3H3. The van der Waals surface area contributed by atoms with E-state index in [2.05, 4.69) is 9.97 Å². The third kappa shape index (κ3) is 5.32. The van der Waals surface area contributed by atoms with Crippen molar-refractivity contribution in [2.75, 3.05) is 14.2 Å². The summed E-state index contributed by atoms with van der Waals surface area (Å²) in [6, 6.07) is 11.7. The Bertz CT molecular complexity index is 1670. The Morgan fingerprint density at radius 3 is 2.26 bits per heavy atom. The van der Waals surface area contributed by atoms with Crippen molar-refractivity contribution in [2.24, 2.45) is 0 Å². The van der Waals surface area contributed by atoms with Crippen LogP contribution in [-0.4, -0.2) is 42.3 Å². The molecule has 4 rings (SSSR count). The Labute approximate surface area is 229 Å². The molecule has 4 aromatic rings. The maximum Gasteiger partial charge on any atom is 0.296 e. The molecule has 0 bridgehead atoms. The van der Waals surface area contributed by atoms with Gasteiger partial charge in [0.05, 0.1) is 24.1 Å². The maximum atomic E-state index is 13.7. The molecule has 0 aliphatic rings. The molecule has 12 heteroatoms. The van der Waals surface area contributed by atoms with E-state index in [1.165, 1.54) is 55.3 Å². The minimum atomic E-state index is -4.55. The maximum absolute atomic E-state index is 13.7. The number of aromatic nitrogens is 3. The van der Waals surface area contributed by atoms with E-state index in [1.54, 1.807) is 18.2 Å². The first-order valence-corrected chi connectivity index (χ1v) is 13.7. The molecule has 1 N–H and O–H groups in total. The number of unbranched alkanes of at least 4 members (excludes halogenated alkanes) is 1. The van der Waals surface area contributed by atoms with Crippen molar-refractivity contribution in [3.05, 3.63) is 81.9 Å². The number of para-hydroxylation sites is 1. The zero-order valence-corrected chi connectivity index (χ0v) is 22.9. The van der Waals surface area contributed by atoms with Crippen LogP contribution < -0.4 is 15.0 Å². The van der Waals surface area contributed by atoms with Crippen molar-refractivity contribution in [3.63, 3.8) is 0 Å². The van der Waals surface area contributed by atoms with Gasteiger partial charge in [0, 0.05) is 18.2 Å². The van der Waals surface area contributed by atoms with Crippen LogP contribution in [-0.2, 0) is 16.3 Å². The first-order chi connectivity index (χ1) is 18.6. The van der Waals surface area contributed by atoms with E-state index in [0.29, 0.717) is 17.5 Å². The summed E-state index contributed by atoms with van der Waals surface area (Å²) < 4.78 is 52.9. The van der Waals surface area contributed by atoms with Gasteiger partial charge in [-0.2, -0.15) is 9.37 Å². The summed E-state index contributed by atoms with van der Waals surface area (Å²) in [5.74, 6) is -0.952. The van der Waals surface area contributed by atoms with Gasteiger partial charge in [0.1, 0.15) is 23.0 Å². The zero-order chi connectivity index (χ0) is 28.3. The summed E-state index contributed by atoms with van der Waals surface area (Å²) in [6.07, 6.45) is 2.93. The molecule has 39 heavy (non-hydrogen) atoms. The van der Waals surface area contributed by atoms with Gasteiger partial charge in [-0.1, -0.05) is 43.1 Å². The van der Waals surface area contributed by atoms with Crippen LogP contribution >= 0.6 is 11.6 Å². The number of rotatable bonds is 9. The highest BCUT2D eigenvalue weighted by molar-refractivity contribution is 7.91. The predicted octanol–water partition coefficient (Wildman–Crippen LogP) is 4.99. The first kappa shape index (κ1) is 28.1. The molecule has 0 aliphatic carbocycles. The van der Waals surface area contributed by atoms with Gasteiger partial charge in [0.2, 0.25) is 21.7 Å². The summed E-state index contributed by atoms with van der Waals surface area (Å²) >= 11 is 5.81. The highest BCUT2D eigenvalue weighted by Gasteiger charge is 2.31. The molecule has 2 aromatic heterocycles. The number of sulfone groups is 1. The SMILES string of the molecule is CCCCc1nc(=O)c(S(=O)(=O)c2ccc(-c3cnc(F)c(Cl)c3)cc2)c(O)n1-c1c(OC)cccc1OC. The van der Waals surface area contributed by atoms with Gasteiger partial charge in [-0.15, -0.1) is 0 Å². The van der Waals surface area contributed by atoms with Gasteiger partial charge in [-0.3, -0.25) is 9.36 Å².